The van der Waals surface area contributed by atoms with Crippen LogP contribution in [-0.2, 0) is 10.0 Å². The third-order valence-electron chi connectivity index (χ3n) is 2.58. The molecule has 0 bridgehead atoms. The van der Waals surface area contributed by atoms with Crippen molar-refractivity contribution in [2.45, 2.75) is 17.9 Å². The van der Waals surface area contributed by atoms with Crippen molar-refractivity contribution in [1.29, 1.82) is 0 Å². The zero-order valence-electron chi connectivity index (χ0n) is 10.2. The summed E-state index contributed by atoms with van der Waals surface area (Å²) in [4.78, 5) is 12.2. The molecule has 19 heavy (non-hydrogen) atoms. The monoisotopic (exact) mass is 295 g/mol. The average molecular weight is 295 g/mol. The molecule has 2 rings (SSSR count). The smallest absolute Gasteiger partial charge is 0.241 e. The molecule has 0 aliphatic carbocycles. The predicted molar refractivity (Wildman–Crippen MR) is 74.9 cm³/mol. The number of sulfonamides is 1. The molecule has 0 radical (unpaired) electrons. The Labute approximate surface area is 116 Å². The van der Waals surface area contributed by atoms with Crippen molar-refractivity contribution in [3.63, 3.8) is 0 Å². The van der Waals surface area contributed by atoms with E-state index in [1.807, 2.05) is 0 Å². The van der Waals surface area contributed by atoms with Gasteiger partial charge in [-0.05, 0) is 31.2 Å². The first-order valence-electron chi connectivity index (χ1n) is 5.65. The second kappa shape index (κ2) is 5.64. The third kappa shape index (κ3) is 3.28. The highest BCUT2D eigenvalue weighted by Gasteiger charge is 2.18. The van der Waals surface area contributed by atoms with Gasteiger partial charge in [-0.25, -0.2) is 13.1 Å². The van der Waals surface area contributed by atoms with Gasteiger partial charge in [0.05, 0.1) is 15.8 Å². The van der Waals surface area contributed by atoms with Gasteiger partial charge < -0.3 is 0 Å². The summed E-state index contributed by atoms with van der Waals surface area (Å²) >= 11 is 1.28. The van der Waals surface area contributed by atoms with Crippen LogP contribution in [-0.4, -0.2) is 14.7 Å². The summed E-state index contributed by atoms with van der Waals surface area (Å²) in [6, 6.07) is 11.3. The Hall–Kier alpha value is -1.50. The summed E-state index contributed by atoms with van der Waals surface area (Å²) in [7, 11) is -3.54. The molecule has 1 unspecified atom stereocenters. The summed E-state index contributed by atoms with van der Waals surface area (Å²) in [5, 5.41) is 0. The first kappa shape index (κ1) is 13.9. The highest BCUT2D eigenvalue weighted by molar-refractivity contribution is 7.89. The Morgan fingerprint density at radius 3 is 2.42 bits per heavy atom. The molecular weight excluding hydrogens is 282 g/mol. The van der Waals surface area contributed by atoms with Gasteiger partial charge in [0, 0.05) is 4.88 Å². The molecule has 4 nitrogen and oxygen atoms in total. The topological polar surface area (TPSA) is 63.2 Å². The van der Waals surface area contributed by atoms with Gasteiger partial charge in [-0.3, -0.25) is 4.79 Å². The van der Waals surface area contributed by atoms with E-state index in [-0.39, 0.29) is 10.9 Å². The van der Waals surface area contributed by atoms with Crippen molar-refractivity contribution < 1.29 is 13.2 Å². The van der Waals surface area contributed by atoms with E-state index >= 15 is 0 Å². The van der Waals surface area contributed by atoms with E-state index in [1.165, 1.54) is 11.3 Å². The minimum atomic E-state index is -3.54. The van der Waals surface area contributed by atoms with E-state index in [4.69, 9.17) is 0 Å². The summed E-state index contributed by atoms with van der Waals surface area (Å²) in [5.74, 6) is 0. The normalized spacial score (nSPS) is 13.1. The van der Waals surface area contributed by atoms with Crippen LogP contribution >= 0.6 is 11.3 Å². The fraction of sp³-hybridized carbons (Fsp3) is 0.154. The minimum absolute atomic E-state index is 0.231. The first-order chi connectivity index (χ1) is 9.03. The van der Waals surface area contributed by atoms with Gasteiger partial charge in [0.15, 0.2) is 6.29 Å². The number of hydrogen-bond acceptors (Lipinski definition) is 4. The highest BCUT2D eigenvalue weighted by Crippen LogP contribution is 2.23. The average Bonchev–Trinajstić information content (AvgIpc) is 2.88. The number of nitrogens with one attached hydrogen (secondary N) is 1. The largest absolute Gasteiger partial charge is 0.297 e. The molecule has 0 amide bonds. The summed E-state index contributed by atoms with van der Waals surface area (Å²) < 4.78 is 26.8. The number of benzene rings is 1. The Morgan fingerprint density at radius 2 is 1.84 bits per heavy atom. The SMILES string of the molecule is CC(NS(=O)(=O)c1ccccc1)c1ccc(C=O)s1. The molecule has 0 spiro atoms. The molecule has 1 atom stereocenters. The Morgan fingerprint density at radius 1 is 1.16 bits per heavy atom. The van der Waals surface area contributed by atoms with E-state index in [1.54, 1.807) is 49.4 Å². The lowest BCUT2D eigenvalue weighted by Crippen LogP contribution is -2.26. The Balaban J connectivity index is 2.18. The van der Waals surface area contributed by atoms with E-state index in [0.717, 1.165) is 11.2 Å². The van der Waals surface area contributed by atoms with Crippen molar-refractivity contribution in [3.8, 4) is 0 Å². The van der Waals surface area contributed by atoms with E-state index in [2.05, 4.69) is 4.72 Å². The highest BCUT2D eigenvalue weighted by atomic mass is 32.2. The van der Waals surface area contributed by atoms with Crippen molar-refractivity contribution in [2.75, 3.05) is 0 Å². The van der Waals surface area contributed by atoms with E-state index < -0.39 is 10.0 Å². The van der Waals surface area contributed by atoms with Gasteiger partial charge in [-0.1, -0.05) is 18.2 Å². The molecule has 1 aromatic carbocycles. The van der Waals surface area contributed by atoms with Crippen LogP contribution in [0.25, 0.3) is 0 Å². The molecule has 0 saturated carbocycles. The molecule has 1 heterocycles. The van der Waals surface area contributed by atoms with Crippen LogP contribution in [0.1, 0.15) is 27.5 Å². The summed E-state index contributed by atoms with van der Waals surface area (Å²) in [6.45, 7) is 1.75. The second-order valence-electron chi connectivity index (χ2n) is 4.01. The lowest BCUT2D eigenvalue weighted by atomic mass is 10.3. The molecule has 1 aromatic heterocycles. The molecule has 2 aromatic rings. The number of thiophene rings is 1. The molecule has 0 saturated heterocycles. The number of carbonyl (C=O) groups is 1. The molecule has 6 heteroatoms. The third-order valence-corrected chi connectivity index (χ3v) is 5.33. The number of rotatable bonds is 5. The van der Waals surface area contributed by atoms with Crippen molar-refractivity contribution >= 4 is 27.6 Å². The fourth-order valence-electron chi connectivity index (χ4n) is 1.62. The van der Waals surface area contributed by atoms with Gasteiger partial charge in [-0.15, -0.1) is 11.3 Å². The van der Waals surface area contributed by atoms with Crippen LogP contribution in [0.4, 0.5) is 0 Å². The maximum atomic E-state index is 12.1. The van der Waals surface area contributed by atoms with Gasteiger partial charge in [0.25, 0.3) is 0 Å². The molecule has 0 fully saturated rings. The van der Waals surface area contributed by atoms with Crippen LogP contribution in [0.15, 0.2) is 47.4 Å². The number of carbonyl (C=O) groups excluding carboxylic acids is 1. The zero-order valence-corrected chi connectivity index (χ0v) is 11.9. The quantitative estimate of drug-likeness (QED) is 0.862. The molecule has 1 N–H and O–H groups in total. The lowest BCUT2D eigenvalue weighted by Gasteiger charge is -2.12. The van der Waals surface area contributed by atoms with Gasteiger partial charge >= 0.3 is 0 Å². The van der Waals surface area contributed by atoms with E-state index in [9.17, 15) is 13.2 Å². The number of aldehydes is 1. The van der Waals surface area contributed by atoms with Gasteiger partial charge in [0.2, 0.25) is 10.0 Å². The molecule has 0 aliphatic rings. The summed E-state index contributed by atoms with van der Waals surface area (Å²) in [6.07, 6.45) is 0.757. The molecular formula is C13H13NO3S2. The maximum Gasteiger partial charge on any atom is 0.241 e. The fourth-order valence-corrected chi connectivity index (χ4v) is 3.77. The van der Waals surface area contributed by atoms with Gasteiger partial charge in [-0.2, -0.15) is 0 Å². The maximum absolute atomic E-state index is 12.1. The molecule has 100 valence electrons. The van der Waals surface area contributed by atoms with E-state index in [0.29, 0.717) is 4.88 Å². The zero-order chi connectivity index (χ0) is 13.9. The predicted octanol–water partition coefficient (Wildman–Crippen LogP) is 2.60. The van der Waals surface area contributed by atoms with Crippen molar-refractivity contribution in [2.24, 2.45) is 0 Å². The summed E-state index contributed by atoms with van der Waals surface area (Å²) in [5.41, 5.74) is 0. The minimum Gasteiger partial charge on any atom is -0.297 e. The van der Waals surface area contributed by atoms with Crippen molar-refractivity contribution in [1.82, 2.24) is 4.72 Å². The van der Waals surface area contributed by atoms with Crippen LogP contribution in [0.5, 0.6) is 0 Å². The Kier molecular flexibility index (Phi) is 4.14. The van der Waals surface area contributed by atoms with Crippen LogP contribution in [0, 0.1) is 0 Å². The van der Waals surface area contributed by atoms with Crippen LogP contribution < -0.4 is 4.72 Å². The first-order valence-corrected chi connectivity index (χ1v) is 7.95. The van der Waals surface area contributed by atoms with Crippen LogP contribution in [0.3, 0.4) is 0 Å². The molecule has 0 aliphatic heterocycles. The second-order valence-corrected chi connectivity index (χ2v) is 6.87. The van der Waals surface area contributed by atoms with Gasteiger partial charge in [0.1, 0.15) is 0 Å². The number of hydrogen-bond donors (Lipinski definition) is 1. The standard InChI is InChI=1S/C13H13NO3S2/c1-10(13-8-7-11(9-15)18-13)14-19(16,17)12-5-3-2-4-6-12/h2-10,14H,1H3. The lowest BCUT2D eigenvalue weighted by molar-refractivity contribution is 0.112. The van der Waals surface area contributed by atoms with Crippen LogP contribution in [0.2, 0.25) is 0 Å². The Bertz CT molecular complexity index is 662. The van der Waals surface area contributed by atoms with Crippen molar-refractivity contribution in [3.05, 3.63) is 52.2 Å².